The summed E-state index contributed by atoms with van der Waals surface area (Å²) in [6.45, 7) is 2.55. The van der Waals surface area contributed by atoms with Crippen LogP contribution in [0, 0.1) is 11.8 Å². The van der Waals surface area contributed by atoms with Crippen LogP contribution in [0.4, 0.5) is 0 Å². The monoisotopic (exact) mass is 236 g/mol. The van der Waals surface area contributed by atoms with Gasteiger partial charge in [0.05, 0.1) is 12.1 Å². The fourth-order valence-corrected chi connectivity index (χ4v) is 2.47. The molecule has 4 nitrogen and oxygen atoms in total. The quantitative estimate of drug-likeness (QED) is 0.756. The van der Waals surface area contributed by atoms with Crippen molar-refractivity contribution in [2.24, 2.45) is 18.9 Å². The van der Waals surface area contributed by atoms with Gasteiger partial charge in [-0.3, -0.25) is 9.48 Å². The summed E-state index contributed by atoms with van der Waals surface area (Å²) >= 11 is 0. The lowest BCUT2D eigenvalue weighted by atomic mass is 9.82. The molecule has 1 aromatic rings. The molecule has 0 radical (unpaired) electrons. The number of hydrogen-bond donors (Lipinski definition) is 0. The van der Waals surface area contributed by atoms with Gasteiger partial charge in [0, 0.05) is 18.8 Å². The van der Waals surface area contributed by atoms with E-state index in [-0.39, 0.29) is 11.9 Å². The topological polar surface area (TPSA) is 44.1 Å². The third-order valence-electron chi connectivity index (χ3n) is 3.41. The molecular formula is C13H20N2O2. The van der Waals surface area contributed by atoms with E-state index in [1.165, 1.54) is 6.42 Å². The highest BCUT2D eigenvalue weighted by Crippen LogP contribution is 2.29. The van der Waals surface area contributed by atoms with Gasteiger partial charge < -0.3 is 4.74 Å². The van der Waals surface area contributed by atoms with E-state index in [1.807, 2.05) is 13.2 Å². The number of esters is 1. The molecule has 94 valence electrons. The Balaban J connectivity index is 1.80. The Labute approximate surface area is 102 Å². The Bertz CT molecular complexity index is 387. The summed E-state index contributed by atoms with van der Waals surface area (Å²) in [7, 11) is 1.86. The Morgan fingerprint density at radius 2 is 2.41 bits per heavy atom. The van der Waals surface area contributed by atoms with Gasteiger partial charge in [-0.25, -0.2) is 0 Å². The molecule has 0 aromatic carbocycles. The minimum atomic E-state index is -0.0413. The van der Waals surface area contributed by atoms with E-state index in [2.05, 4.69) is 12.0 Å². The number of aryl methyl sites for hydroxylation is 1. The zero-order chi connectivity index (χ0) is 12.3. The van der Waals surface area contributed by atoms with E-state index in [0.717, 1.165) is 24.8 Å². The van der Waals surface area contributed by atoms with Gasteiger partial charge in [0.25, 0.3) is 0 Å². The molecule has 0 amide bonds. The number of rotatable bonds is 3. The van der Waals surface area contributed by atoms with Gasteiger partial charge in [-0.05, 0) is 18.8 Å². The molecule has 0 aliphatic heterocycles. The first-order valence-corrected chi connectivity index (χ1v) is 6.29. The Kier molecular flexibility index (Phi) is 3.82. The predicted octanol–water partition coefficient (Wildman–Crippen LogP) is 2.29. The summed E-state index contributed by atoms with van der Waals surface area (Å²) in [6.07, 6.45) is 7.95. The molecule has 2 rings (SSSR count). The first-order valence-electron chi connectivity index (χ1n) is 6.29. The second-order valence-electron chi connectivity index (χ2n) is 5.10. The average Bonchev–Trinajstić information content (AvgIpc) is 2.72. The van der Waals surface area contributed by atoms with E-state index >= 15 is 0 Å². The van der Waals surface area contributed by atoms with Crippen LogP contribution in [-0.2, 0) is 23.2 Å². The molecule has 2 atom stereocenters. The zero-order valence-corrected chi connectivity index (χ0v) is 10.6. The summed E-state index contributed by atoms with van der Waals surface area (Å²) in [6, 6.07) is 0. The Morgan fingerprint density at radius 1 is 1.59 bits per heavy atom. The zero-order valence-electron chi connectivity index (χ0n) is 10.6. The third kappa shape index (κ3) is 3.32. The largest absolute Gasteiger partial charge is 0.460 e. The van der Waals surface area contributed by atoms with Crippen LogP contribution < -0.4 is 0 Å². The second-order valence-corrected chi connectivity index (χ2v) is 5.10. The summed E-state index contributed by atoms with van der Waals surface area (Å²) in [5.74, 6) is 0.718. The van der Waals surface area contributed by atoms with Crippen LogP contribution in [0.5, 0.6) is 0 Å². The van der Waals surface area contributed by atoms with Crippen molar-refractivity contribution >= 4 is 5.97 Å². The first kappa shape index (κ1) is 12.1. The van der Waals surface area contributed by atoms with Gasteiger partial charge in [0.15, 0.2) is 0 Å². The summed E-state index contributed by atoms with van der Waals surface area (Å²) < 4.78 is 7.05. The van der Waals surface area contributed by atoms with Crippen LogP contribution in [0.1, 0.15) is 38.2 Å². The van der Waals surface area contributed by atoms with Gasteiger partial charge in [0.1, 0.15) is 6.61 Å². The molecule has 1 aliphatic rings. The van der Waals surface area contributed by atoms with Crippen molar-refractivity contribution in [1.82, 2.24) is 9.78 Å². The van der Waals surface area contributed by atoms with Crippen LogP contribution in [0.2, 0.25) is 0 Å². The molecule has 1 fully saturated rings. The molecule has 2 unspecified atom stereocenters. The van der Waals surface area contributed by atoms with Crippen molar-refractivity contribution < 1.29 is 9.53 Å². The minimum absolute atomic E-state index is 0.0413. The Hall–Kier alpha value is -1.32. The molecule has 4 heteroatoms. The lowest BCUT2D eigenvalue weighted by Gasteiger charge is -2.24. The average molecular weight is 236 g/mol. The highest BCUT2D eigenvalue weighted by atomic mass is 16.5. The van der Waals surface area contributed by atoms with Gasteiger partial charge in [-0.1, -0.05) is 19.8 Å². The number of ether oxygens (including phenoxy) is 1. The smallest absolute Gasteiger partial charge is 0.309 e. The molecule has 0 bridgehead atoms. The molecular weight excluding hydrogens is 216 g/mol. The summed E-state index contributed by atoms with van der Waals surface area (Å²) in [5.41, 5.74) is 0.949. The van der Waals surface area contributed by atoms with E-state index in [9.17, 15) is 4.79 Å². The maximum Gasteiger partial charge on any atom is 0.309 e. The predicted molar refractivity (Wildman–Crippen MR) is 64.1 cm³/mol. The summed E-state index contributed by atoms with van der Waals surface area (Å²) in [4.78, 5) is 11.9. The van der Waals surface area contributed by atoms with E-state index in [4.69, 9.17) is 4.74 Å². The normalized spacial score (nSPS) is 24.6. The first-order chi connectivity index (χ1) is 8.15. The van der Waals surface area contributed by atoms with Crippen molar-refractivity contribution in [2.45, 2.75) is 39.2 Å². The van der Waals surface area contributed by atoms with Crippen molar-refractivity contribution in [3.05, 3.63) is 18.0 Å². The molecule has 17 heavy (non-hydrogen) atoms. The van der Waals surface area contributed by atoms with E-state index < -0.39 is 0 Å². The highest BCUT2D eigenvalue weighted by molar-refractivity contribution is 5.72. The molecule has 0 spiro atoms. The van der Waals surface area contributed by atoms with Crippen LogP contribution >= 0.6 is 0 Å². The molecule has 1 aromatic heterocycles. The van der Waals surface area contributed by atoms with Gasteiger partial charge in [-0.2, -0.15) is 5.10 Å². The maximum absolute atomic E-state index is 11.9. The van der Waals surface area contributed by atoms with Crippen molar-refractivity contribution in [3.8, 4) is 0 Å². The minimum Gasteiger partial charge on any atom is -0.460 e. The van der Waals surface area contributed by atoms with Crippen molar-refractivity contribution in [2.75, 3.05) is 0 Å². The third-order valence-corrected chi connectivity index (χ3v) is 3.41. The number of aromatic nitrogens is 2. The van der Waals surface area contributed by atoms with E-state index in [0.29, 0.717) is 12.5 Å². The van der Waals surface area contributed by atoms with Gasteiger partial charge in [0.2, 0.25) is 0 Å². The van der Waals surface area contributed by atoms with Crippen LogP contribution in [0.25, 0.3) is 0 Å². The SMILES string of the molecule is CC1CCCC(C(=O)OCc2cnn(C)c2)C1. The Morgan fingerprint density at radius 3 is 3.06 bits per heavy atom. The number of hydrogen-bond acceptors (Lipinski definition) is 3. The molecule has 1 saturated carbocycles. The molecule has 1 heterocycles. The van der Waals surface area contributed by atoms with Gasteiger partial charge in [-0.15, -0.1) is 0 Å². The van der Waals surface area contributed by atoms with Crippen LogP contribution in [0.3, 0.4) is 0 Å². The lowest BCUT2D eigenvalue weighted by molar-refractivity contribution is -0.151. The number of carbonyl (C=O) groups is 1. The fraction of sp³-hybridized carbons (Fsp3) is 0.692. The van der Waals surface area contributed by atoms with E-state index in [1.54, 1.807) is 10.9 Å². The van der Waals surface area contributed by atoms with Gasteiger partial charge >= 0.3 is 5.97 Å². The standard InChI is InChI=1S/C13H20N2O2/c1-10-4-3-5-12(6-10)13(16)17-9-11-7-14-15(2)8-11/h7-8,10,12H,3-6,9H2,1-2H3. The number of carbonyl (C=O) groups excluding carboxylic acids is 1. The lowest BCUT2D eigenvalue weighted by Crippen LogP contribution is -2.23. The van der Waals surface area contributed by atoms with Crippen LogP contribution in [-0.4, -0.2) is 15.7 Å². The molecule has 0 saturated heterocycles. The second kappa shape index (κ2) is 5.34. The molecule has 1 aliphatic carbocycles. The maximum atomic E-state index is 11.9. The molecule has 0 N–H and O–H groups in total. The van der Waals surface area contributed by atoms with Crippen LogP contribution in [0.15, 0.2) is 12.4 Å². The van der Waals surface area contributed by atoms with Crippen molar-refractivity contribution in [3.63, 3.8) is 0 Å². The summed E-state index contributed by atoms with van der Waals surface area (Å²) in [5, 5.41) is 4.04. The fourth-order valence-electron chi connectivity index (χ4n) is 2.47. The highest BCUT2D eigenvalue weighted by Gasteiger charge is 2.26. The van der Waals surface area contributed by atoms with Crippen molar-refractivity contribution in [1.29, 1.82) is 0 Å². The number of nitrogens with zero attached hydrogens (tertiary/aromatic N) is 2.